The summed E-state index contributed by atoms with van der Waals surface area (Å²) >= 11 is 2.23. The molecular weight excluding hydrogens is 303 g/mol. The van der Waals surface area contributed by atoms with Crippen molar-refractivity contribution in [1.29, 1.82) is 0 Å². The van der Waals surface area contributed by atoms with Crippen molar-refractivity contribution in [3.63, 3.8) is 0 Å². The first-order valence-corrected chi connectivity index (χ1v) is 6.17. The maximum Gasteiger partial charge on any atom is 0.143 e. The molecule has 3 N–H and O–H groups in total. The van der Waals surface area contributed by atoms with Crippen molar-refractivity contribution in [1.82, 2.24) is 9.97 Å². The van der Waals surface area contributed by atoms with Gasteiger partial charge in [0.25, 0.3) is 0 Å². The fourth-order valence-corrected chi connectivity index (χ4v) is 2.15. The zero-order chi connectivity index (χ0) is 10.9. The maximum absolute atomic E-state index is 5.84. The minimum absolute atomic E-state index is 0.0196. The summed E-state index contributed by atoms with van der Waals surface area (Å²) in [4.78, 5) is 8.21. The van der Waals surface area contributed by atoms with E-state index in [2.05, 4.69) is 44.8 Å². The molecule has 0 saturated heterocycles. The van der Waals surface area contributed by atoms with Gasteiger partial charge < -0.3 is 11.1 Å². The molecule has 0 bridgehead atoms. The van der Waals surface area contributed by atoms with Crippen molar-refractivity contribution in [2.45, 2.75) is 25.3 Å². The lowest BCUT2D eigenvalue weighted by molar-refractivity contribution is 0.457. The molecule has 1 aromatic rings. The van der Waals surface area contributed by atoms with E-state index in [-0.39, 0.29) is 5.54 Å². The Hall–Kier alpha value is -0.430. The first kappa shape index (κ1) is 11.1. The minimum Gasteiger partial charge on any atom is -0.362 e. The van der Waals surface area contributed by atoms with Gasteiger partial charge in [-0.2, -0.15) is 0 Å². The highest BCUT2D eigenvalue weighted by molar-refractivity contribution is 14.1. The largest absolute Gasteiger partial charge is 0.362 e. The fraction of sp³-hybridized carbons (Fsp3) is 0.600. The third kappa shape index (κ3) is 2.39. The first-order valence-electron chi connectivity index (χ1n) is 5.09. The molecular formula is C10H15IN4. The van der Waals surface area contributed by atoms with Crippen molar-refractivity contribution in [2.75, 3.05) is 11.9 Å². The molecule has 15 heavy (non-hydrogen) atoms. The number of hydrogen-bond acceptors (Lipinski definition) is 4. The van der Waals surface area contributed by atoms with Gasteiger partial charge in [-0.05, 0) is 48.3 Å². The Morgan fingerprint density at radius 2 is 2.40 bits per heavy atom. The summed E-state index contributed by atoms with van der Waals surface area (Å²) in [7, 11) is 0. The van der Waals surface area contributed by atoms with Gasteiger partial charge in [0.1, 0.15) is 12.1 Å². The highest BCUT2D eigenvalue weighted by Gasteiger charge is 2.40. The number of halogens is 1. The van der Waals surface area contributed by atoms with E-state index in [4.69, 9.17) is 5.73 Å². The number of rotatable bonds is 4. The molecule has 1 aliphatic carbocycles. The van der Waals surface area contributed by atoms with Crippen LogP contribution in [-0.2, 0) is 0 Å². The molecule has 5 heteroatoms. The van der Waals surface area contributed by atoms with E-state index >= 15 is 0 Å². The van der Waals surface area contributed by atoms with E-state index < -0.39 is 0 Å². The van der Waals surface area contributed by atoms with E-state index in [9.17, 15) is 0 Å². The molecule has 1 saturated carbocycles. The van der Waals surface area contributed by atoms with Crippen molar-refractivity contribution in [3.8, 4) is 0 Å². The Morgan fingerprint density at radius 1 is 1.67 bits per heavy atom. The average molecular weight is 318 g/mol. The predicted molar refractivity (Wildman–Crippen MR) is 68.6 cm³/mol. The van der Waals surface area contributed by atoms with Crippen LogP contribution in [0.25, 0.3) is 0 Å². The highest BCUT2D eigenvalue weighted by atomic mass is 127. The first-order chi connectivity index (χ1) is 7.15. The van der Waals surface area contributed by atoms with Crippen molar-refractivity contribution in [3.05, 3.63) is 16.1 Å². The van der Waals surface area contributed by atoms with Crippen LogP contribution < -0.4 is 11.1 Å². The van der Waals surface area contributed by atoms with Crippen LogP contribution in [0.4, 0.5) is 5.82 Å². The predicted octanol–water partition coefficient (Wildman–Crippen LogP) is 1.62. The van der Waals surface area contributed by atoms with E-state index in [1.54, 1.807) is 12.5 Å². The van der Waals surface area contributed by atoms with Gasteiger partial charge in [-0.1, -0.05) is 0 Å². The maximum atomic E-state index is 5.84. The molecule has 82 valence electrons. The number of aromatic nitrogens is 2. The second kappa shape index (κ2) is 4.21. The summed E-state index contributed by atoms with van der Waals surface area (Å²) in [5.74, 6) is 1.58. The lowest BCUT2D eigenvalue weighted by atomic mass is 9.96. The van der Waals surface area contributed by atoms with E-state index in [0.29, 0.717) is 12.5 Å². The van der Waals surface area contributed by atoms with Crippen molar-refractivity contribution in [2.24, 2.45) is 11.7 Å². The zero-order valence-corrected chi connectivity index (χ0v) is 10.9. The highest BCUT2D eigenvalue weighted by Crippen LogP contribution is 2.40. The SMILES string of the molecule is CC(CN)(Nc1ncncc1I)C1CC1. The van der Waals surface area contributed by atoms with Crippen LogP contribution in [0.3, 0.4) is 0 Å². The number of nitrogens with two attached hydrogens (primary N) is 1. The summed E-state index contributed by atoms with van der Waals surface area (Å²) in [5, 5.41) is 3.45. The van der Waals surface area contributed by atoms with Crippen molar-refractivity contribution >= 4 is 28.4 Å². The van der Waals surface area contributed by atoms with Crippen molar-refractivity contribution < 1.29 is 0 Å². The topological polar surface area (TPSA) is 63.8 Å². The Labute approximate surface area is 103 Å². The summed E-state index contributed by atoms with van der Waals surface area (Å²) < 4.78 is 1.04. The lowest BCUT2D eigenvalue weighted by Gasteiger charge is -2.30. The molecule has 0 amide bonds. The van der Waals surface area contributed by atoms with Gasteiger partial charge in [0.05, 0.1) is 9.11 Å². The molecule has 1 aliphatic rings. The number of nitrogens with one attached hydrogen (secondary N) is 1. The Kier molecular flexibility index (Phi) is 3.11. The van der Waals surface area contributed by atoms with Gasteiger partial charge in [-0.3, -0.25) is 0 Å². The smallest absolute Gasteiger partial charge is 0.143 e. The van der Waals surface area contributed by atoms with Gasteiger partial charge in [0.15, 0.2) is 0 Å². The molecule has 0 spiro atoms. The molecule has 4 nitrogen and oxygen atoms in total. The quantitative estimate of drug-likeness (QED) is 0.828. The molecule has 0 radical (unpaired) electrons. The molecule has 1 unspecified atom stereocenters. The van der Waals surface area contributed by atoms with Gasteiger partial charge >= 0.3 is 0 Å². The summed E-state index contributed by atoms with van der Waals surface area (Å²) in [6, 6.07) is 0. The normalized spacial score (nSPS) is 19.7. The molecule has 1 aromatic heterocycles. The zero-order valence-electron chi connectivity index (χ0n) is 8.70. The molecule has 1 heterocycles. The number of anilines is 1. The molecule has 0 aromatic carbocycles. The van der Waals surface area contributed by atoms with Gasteiger partial charge in [0, 0.05) is 12.7 Å². The molecule has 0 aliphatic heterocycles. The van der Waals surface area contributed by atoms with Crippen LogP contribution in [-0.4, -0.2) is 22.1 Å². The Morgan fingerprint density at radius 3 is 2.93 bits per heavy atom. The summed E-state index contributed by atoms with van der Waals surface area (Å²) in [6.45, 7) is 2.81. The number of nitrogens with zero attached hydrogens (tertiary/aromatic N) is 2. The van der Waals surface area contributed by atoms with Gasteiger partial charge in [-0.25, -0.2) is 9.97 Å². The van der Waals surface area contributed by atoms with Crippen LogP contribution in [0.5, 0.6) is 0 Å². The van der Waals surface area contributed by atoms with Gasteiger partial charge in [-0.15, -0.1) is 0 Å². The van der Waals surface area contributed by atoms with Crippen LogP contribution in [0, 0.1) is 9.49 Å². The third-order valence-corrected chi connectivity index (χ3v) is 3.76. The van der Waals surface area contributed by atoms with Crippen LogP contribution in [0.1, 0.15) is 19.8 Å². The lowest BCUT2D eigenvalue weighted by Crippen LogP contribution is -2.45. The van der Waals surface area contributed by atoms with Crippen LogP contribution >= 0.6 is 22.6 Å². The Bertz CT molecular complexity index is 353. The number of hydrogen-bond donors (Lipinski definition) is 2. The summed E-state index contributed by atoms with van der Waals surface area (Å²) in [6.07, 6.45) is 5.90. The minimum atomic E-state index is -0.0196. The second-order valence-corrected chi connectivity index (χ2v) is 5.40. The third-order valence-electron chi connectivity index (χ3n) is 2.97. The average Bonchev–Trinajstić information content (AvgIpc) is 3.05. The fourth-order valence-electron chi connectivity index (χ4n) is 1.72. The van der Waals surface area contributed by atoms with Gasteiger partial charge in [0.2, 0.25) is 0 Å². The van der Waals surface area contributed by atoms with Crippen LogP contribution in [0.2, 0.25) is 0 Å². The molecule has 1 fully saturated rings. The Balaban J connectivity index is 2.16. The van der Waals surface area contributed by atoms with E-state index in [1.165, 1.54) is 12.8 Å². The van der Waals surface area contributed by atoms with E-state index in [0.717, 1.165) is 9.39 Å². The second-order valence-electron chi connectivity index (χ2n) is 4.24. The standard InChI is InChI=1S/C10H15IN4/c1-10(5-12,7-2-3-7)15-9-8(11)4-13-6-14-9/h4,6-7H,2-3,5,12H2,1H3,(H,13,14,15). The van der Waals surface area contributed by atoms with Crippen LogP contribution in [0.15, 0.2) is 12.5 Å². The summed E-state index contributed by atoms with van der Waals surface area (Å²) in [5.41, 5.74) is 5.82. The molecule has 2 rings (SSSR count). The van der Waals surface area contributed by atoms with E-state index in [1.807, 2.05) is 0 Å². The molecule has 1 atom stereocenters. The monoisotopic (exact) mass is 318 g/mol.